The third kappa shape index (κ3) is 4.78. The van der Waals surface area contributed by atoms with Crippen molar-refractivity contribution in [2.45, 2.75) is 57.7 Å². The van der Waals surface area contributed by atoms with Gasteiger partial charge in [-0.1, -0.05) is 6.42 Å². The number of rotatable bonds is 7. The zero-order chi connectivity index (χ0) is 12.6. The number of hydrogen-bond acceptors (Lipinski definition) is 3. The summed E-state index contributed by atoms with van der Waals surface area (Å²) in [6, 6.07) is 1.35. The Labute approximate surface area is 110 Å². The molecule has 0 aliphatic carbocycles. The molecule has 18 heavy (non-hydrogen) atoms. The first-order valence-corrected chi connectivity index (χ1v) is 7.27. The quantitative estimate of drug-likeness (QED) is 0.725. The first kappa shape index (κ1) is 13.6. The van der Waals surface area contributed by atoms with E-state index in [2.05, 4.69) is 27.1 Å². The summed E-state index contributed by atoms with van der Waals surface area (Å²) in [7, 11) is 0. The van der Waals surface area contributed by atoms with E-state index in [0.717, 1.165) is 19.1 Å². The van der Waals surface area contributed by atoms with Gasteiger partial charge in [0.05, 0.1) is 6.33 Å². The van der Waals surface area contributed by atoms with E-state index in [-0.39, 0.29) is 0 Å². The van der Waals surface area contributed by atoms with Crippen LogP contribution in [0.15, 0.2) is 18.7 Å². The van der Waals surface area contributed by atoms with Crippen LogP contribution in [-0.4, -0.2) is 34.7 Å². The maximum absolute atomic E-state index is 4.05. The van der Waals surface area contributed by atoms with Gasteiger partial charge < -0.3 is 15.2 Å². The molecule has 0 bridgehead atoms. The van der Waals surface area contributed by atoms with Crippen LogP contribution in [-0.2, 0) is 6.54 Å². The average molecular weight is 250 g/mol. The van der Waals surface area contributed by atoms with Crippen LogP contribution in [0.1, 0.15) is 39.0 Å². The van der Waals surface area contributed by atoms with E-state index in [0.29, 0.717) is 6.04 Å². The SMILES string of the molecule is CC(CC1CCCCN1)NCCCn1ccnc1. The van der Waals surface area contributed by atoms with Crippen molar-refractivity contribution in [1.29, 1.82) is 0 Å². The first-order chi connectivity index (χ1) is 8.84. The minimum atomic E-state index is 0.614. The van der Waals surface area contributed by atoms with E-state index < -0.39 is 0 Å². The minimum absolute atomic E-state index is 0.614. The molecule has 1 fully saturated rings. The van der Waals surface area contributed by atoms with Crippen molar-refractivity contribution in [2.75, 3.05) is 13.1 Å². The second-order valence-electron chi connectivity index (χ2n) is 5.39. The van der Waals surface area contributed by atoms with E-state index in [1.54, 1.807) is 0 Å². The van der Waals surface area contributed by atoms with Crippen LogP contribution >= 0.6 is 0 Å². The van der Waals surface area contributed by atoms with Crippen molar-refractivity contribution in [3.8, 4) is 0 Å². The summed E-state index contributed by atoms with van der Waals surface area (Å²) in [5.41, 5.74) is 0. The van der Waals surface area contributed by atoms with E-state index in [1.165, 1.54) is 38.6 Å². The summed E-state index contributed by atoms with van der Waals surface area (Å²) >= 11 is 0. The third-order valence-corrected chi connectivity index (χ3v) is 3.70. The van der Waals surface area contributed by atoms with Crippen LogP contribution < -0.4 is 10.6 Å². The van der Waals surface area contributed by atoms with Crippen LogP contribution in [0, 0.1) is 0 Å². The summed E-state index contributed by atoms with van der Waals surface area (Å²) in [6.45, 7) is 5.65. The highest BCUT2D eigenvalue weighted by atomic mass is 15.0. The maximum atomic E-state index is 4.05. The highest BCUT2D eigenvalue weighted by molar-refractivity contribution is 4.77. The summed E-state index contributed by atoms with van der Waals surface area (Å²) in [5.74, 6) is 0. The Morgan fingerprint density at radius 3 is 3.17 bits per heavy atom. The highest BCUT2D eigenvalue weighted by Gasteiger charge is 2.14. The van der Waals surface area contributed by atoms with Gasteiger partial charge in [0.25, 0.3) is 0 Å². The van der Waals surface area contributed by atoms with Crippen molar-refractivity contribution < 1.29 is 0 Å². The molecule has 4 nitrogen and oxygen atoms in total. The zero-order valence-corrected chi connectivity index (χ0v) is 11.4. The van der Waals surface area contributed by atoms with Gasteiger partial charge in [-0.15, -0.1) is 0 Å². The molecule has 0 radical (unpaired) electrons. The van der Waals surface area contributed by atoms with E-state index in [4.69, 9.17) is 0 Å². The van der Waals surface area contributed by atoms with Gasteiger partial charge in [-0.05, 0) is 45.7 Å². The van der Waals surface area contributed by atoms with Gasteiger partial charge in [-0.2, -0.15) is 0 Å². The molecular formula is C14H26N4. The molecule has 1 aromatic rings. The van der Waals surface area contributed by atoms with E-state index in [1.807, 2.05) is 18.7 Å². The molecule has 2 N–H and O–H groups in total. The van der Waals surface area contributed by atoms with Gasteiger partial charge >= 0.3 is 0 Å². The van der Waals surface area contributed by atoms with Crippen LogP contribution in [0.4, 0.5) is 0 Å². The van der Waals surface area contributed by atoms with Gasteiger partial charge in [0.2, 0.25) is 0 Å². The van der Waals surface area contributed by atoms with Crippen LogP contribution in [0.25, 0.3) is 0 Å². The minimum Gasteiger partial charge on any atom is -0.337 e. The topological polar surface area (TPSA) is 41.9 Å². The second kappa shape index (κ2) is 7.54. The maximum Gasteiger partial charge on any atom is 0.0945 e. The Kier molecular flexibility index (Phi) is 5.68. The van der Waals surface area contributed by atoms with Crippen LogP contribution in [0.2, 0.25) is 0 Å². The summed E-state index contributed by atoms with van der Waals surface area (Å²) < 4.78 is 2.13. The van der Waals surface area contributed by atoms with Crippen LogP contribution in [0.5, 0.6) is 0 Å². The number of nitrogens with zero attached hydrogens (tertiary/aromatic N) is 2. The lowest BCUT2D eigenvalue weighted by molar-refractivity contribution is 0.343. The molecule has 1 aromatic heterocycles. The van der Waals surface area contributed by atoms with Gasteiger partial charge in [-0.3, -0.25) is 0 Å². The molecule has 2 heterocycles. The predicted octanol–water partition coefficient (Wildman–Crippen LogP) is 1.78. The Morgan fingerprint density at radius 2 is 2.44 bits per heavy atom. The molecule has 0 saturated carbocycles. The monoisotopic (exact) mass is 250 g/mol. The number of hydrogen-bond donors (Lipinski definition) is 2. The van der Waals surface area contributed by atoms with Crippen molar-refractivity contribution >= 4 is 0 Å². The van der Waals surface area contributed by atoms with Gasteiger partial charge in [-0.25, -0.2) is 4.98 Å². The van der Waals surface area contributed by atoms with Crippen molar-refractivity contribution in [3.63, 3.8) is 0 Å². The zero-order valence-electron chi connectivity index (χ0n) is 11.4. The largest absolute Gasteiger partial charge is 0.337 e. The lowest BCUT2D eigenvalue weighted by Gasteiger charge is -2.26. The number of aryl methyl sites for hydroxylation is 1. The second-order valence-corrected chi connectivity index (χ2v) is 5.39. The molecule has 0 amide bonds. The normalized spacial score (nSPS) is 21.9. The number of imidazole rings is 1. The van der Waals surface area contributed by atoms with Gasteiger partial charge in [0, 0.05) is 31.0 Å². The molecule has 1 aliphatic rings. The average Bonchev–Trinajstić information content (AvgIpc) is 2.89. The Balaban J connectivity index is 1.52. The predicted molar refractivity (Wildman–Crippen MR) is 74.6 cm³/mol. The fourth-order valence-corrected chi connectivity index (χ4v) is 2.66. The van der Waals surface area contributed by atoms with Crippen molar-refractivity contribution in [1.82, 2.24) is 20.2 Å². The molecular weight excluding hydrogens is 224 g/mol. The lowest BCUT2D eigenvalue weighted by atomic mass is 9.99. The fraction of sp³-hybridized carbons (Fsp3) is 0.786. The van der Waals surface area contributed by atoms with Gasteiger partial charge in [0.15, 0.2) is 0 Å². The molecule has 4 heteroatoms. The lowest BCUT2D eigenvalue weighted by Crippen LogP contribution is -2.40. The third-order valence-electron chi connectivity index (χ3n) is 3.70. The van der Waals surface area contributed by atoms with E-state index >= 15 is 0 Å². The molecule has 2 atom stereocenters. The Hall–Kier alpha value is -0.870. The van der Waals surface area contributed by atoms with E-state index in [9.17, 15) is 0 Å². The first-order valence-electron chi connectivity index (χ1n) is 7.27. The number of nitrogens with one attached hydrogen (secondary N) is 2. The highest BCUT2D eigenvalue weighted by Crippen LogP contribution is 2.11. The molecule has 2 rings (SSSR count). The standard InChI is InChI=1S/C14H26N4/c1-13(11-14-5-2-3-6-17-14)16-7-4-9-18-10-8-15-12-18/h8,10,12-14,16-17H,2-7,9,11H2,1H3. The fourth-order valence-electron chi connectivity index (χ4n) is 2.66. The summed E-state index contributed by atoms with van der Waals surface area (Å²) in [4.78, 5) is 4.05. The Bertz CT molecular complexity index is 304. The summed E-state index contributed by atoms with van der Waals surface area (Å²) in [6.07, 6.45) is 12.3. The van der Waals surface area contributed by atoms with Gasteiger partial charge in [0.1, 0.15) is 0 Å². The van der Waals surface area contributed by atoms with Crippen LogP contribution in [0.3, 0.4) is 0 Å². The summed E-state index contributed by atoms with van der Waals surface area (Å²) in [5, 5.41) is 7.23. The molecule has 1 saturated heterocycles. The smallest absolute Gasteiger partial charge is 0.0945 e. The molecule has 0 aromatic carbocycles. The van der Waals surface area contributed by atoms with Crippen molar-refractivity contribution in [2.24, 2.45) is 0 Å². The number of aromatic nitrogens is 2. The molecule has 2 unspecified atom stereocenters. The number of piperidine rings is 1. The Morgan fingerprint density at radius 1 is 1.50 bits per heavy atom. The molecule has 0 spiro atoms. The molecule has 102 valence electrons. The molecule has 1 aliphatic heterocycles. The van der Waals surface area contributed by atoms with Crippen molar-refractivity contribution in [3.05, 3.63) is 18.7 Å².